The molecule has 5 rings (SSSR count). The average molecular weight is 476 g/mol. The minimum absolute atomic E-state index is 0.0298. The number of ether oxygens (including phenoxy) is 1. The van der Waals surface area contributed by atoms with Gasteiger partial charge < -0.3 is 19.9 Å². The number of piperazine rings is 1. The summed E-state index contributed by atoms with van der Waals surface area (Å²) in [6, 6.07) is 7.07. The number of carbonyl (C=O) groups is 1. The number of likely N-dealkylation sites (tertiary alicyclic amines) is 1. The lowest BCUT2D eigenvalue weighted by molar-refractivity contribution is 0.0793. The van der Waals surface area contributed by atoms with Gasteiger partial charge in [-0.05, 0) is 44.0 Å². The minimum atomic E-state index is -0.252. The maximum atomic E-state index is 13.4. The Morgan fingerprint density at radius 3 is 2.49 bits per heavy atom. The molecule has 35 heavy (non-hydrogen) atoms. The number of amides is 1. The summed E-state index contributed by atoms with van der Waals surface area (Å²) in [6.07, 6.45) is 2.10. The highest BCUT2D eigenvalue weighted by Gasteiger charge is 2.24. The number of benzene rings is 1. The lowest BCUT2D eigenvalue weighted by Crippen LogP contribution is -2.44. The van der Waals surface area contributed by atoms with E-state index < -0.39 is 0 Å². The minimum Gasteiger partial charge on any atom is -0.425 e. The van der Waals surface area contributed by atoms with Crippen LogP contribution in [0.5, 0.6) is 11.8 Å². The third-order valence-electron chi connectivity index (χ3n) is 6.44. The molecule has 3 aromatic rings. The maximum absolute atomic E-state index is 13.4. The molecular formula is C25H29N7O3. The summed E-state index contributed by atoms with van der Waals surface area (Å²) in [5.74, 6) is 7.16. The molecule has 182 valence electrons. The third-order valence-corrected chi connectivity index (χ3v) is 6.44. The molecule has 0 radical (unpaired) electrons. The van der Waals surface area contributed by atoms with Crippen LogP contribution in [0, 0.1) is 11.8 Å². The van der Waals surface area contributed by atoms with Crippen molar-refractivity contribution >= 4 is 23.0 Å². The van der Waals surface area contributed by atoms with Crippen molar-refractivity contribution in [1.82, 2.24) is 29.3 Å². The van der Waals surface area contributed by atoms with Crippen LogP contribution in [0.25, 0.3) is 11.2 Å². The highest BCUT2D eigenvalue weighted by molar-refractivity contribution is 5.94. The van der Waals surface area contributed by atoms with Crippen LogP contribution in [0.3, 0.4) is 0 Å². The first-order valence-electron chi connectivity index (χ1n) is 12.0. The van der Waals surface area contributed by atoms with Gasteiger partial charge in [0.1, 0.15) is 5.75 Å². The molecule has 2 fully saturated rings. The molecule has 2 aliphatic heterocycles. The fourth-order valence-corrected chi connectivity index (χ4v) is 4.51. The van der Waals surface area contributed by atoms with E-state index in [0.717, 1.165) is 52.1 Å². The van der Waals surface area contributed by atoms with Crippen LogP contribution in [0.1, 0.15) is 30.1 Å². The summed E-state index contributed by atoms with van der Waals surface area (Å²) >= 11 is 0. The predicted octanol–water partition coefficient (Wildman–Crippen LogP) is 1.59. The van der Waals surface area contributed by atoms with Gasteiger partial charge in [-0.2, -0.15) is 9.97 Å². The zero-order valence-electron chi connectivity index (χ0n) is 20.1. The Labute approximate surface area is 203 Å². The third kappa shape index (κ3) is 4.47. The van der Waals surface area contributed by atoms with Gasteiger partial charge in [0.15, 0.2) is 11.2 Å². The van der Waals surface area contributed by atoms with Crippen LogP contribution in [0.2, 0.25) is 0 Å². The molecule has 0 unspecified atom stereocenters. The fraction of sp³-hybridized carbons (Fsp3) is 0.440. The fourth-order valence-electron chi connectivity index (χ4n) is 4.51. The van der Waals surface area contributed by atoms with Crippen molar-refractivity contribution in [2.24, 2.45) is 7.05 Å². The van der Waals surface area contributed by atoms with Crippen LogP contribution < -0.4 is 20.5 Å². The molecule has 0 bridgehead atoms. The van der Waals surface area contributed by atoms with Crippen molar-refractivity contribution in [2.75, 3.05) is 44.2 Å². The van der Waals surface area contributed by atoms with Crippen LogP contribution in [0.4, 0.5) is 5.95 Å². The van der Waals surface area contributed by atoms with E-state index in [9.17, 15) is 9.59 Å². The second-order valence-corrected chi connectivity index (χ2v) is 8.72. The van der Waals surface area contributed by atoms with Gasteiger partial charge in [0.2, 0.25) is 5.95 Å². The summed E-state index contributed by atoms with van der Waals surface area (Å²) in [7, 11) is 1.63. The van der Waals surface area contributed by atoms with Crippen molar-refractivity contribution in [3.63, 3.8) is 0 Å². The second-order valence-electron chi connectivity index (χ2n) is 8.72. The highest BCUT2D eigenvalue weighted by Crippen LogP contribution is 2.24. The van der Waals surface area contributed by atoms with Gasteiger partial charge in [-0.25, -0.2) is 0 Å². The molecule has 2 saturated heterocycles. The average Bonchev–Trinajstić information content (AvgIpc) is 3.55. The molecule has 1 amide bonds. The number of hydrogen-bond acceptors (Lipinski definition) is 7. The molecule has 4 heterocycles. The van der Waals surface area contributed by atoms with E-state index in [0.29, 0.717) is 35.0 Å². The number of imidazole rings is 1. The van der Waals surface area contributed by atoms with Crippen LogP contribution in [-0.4, -0.2) is 69.2 Å². The van der Waals surface area contributed by atoms with Gasteiger partial charge in [0.25, 0.3) is 11.5 Å². The van der Waals surface area contributed by atoms with Gasteiger partial charge in [0.05, 0.1) is 6.54 Å². The molecule has 10 nitrogen and oxygen atoms in total. The van der Waals surface area contributed by atoms with Crippen molar-refractivity contribution in [1.29, 1.82) is 0 Å². The second kappa shape index (κ2) is 9.80. The van der Waals surface area contributed by atoms with Crippen LogP contribution >= 0.6 is 0 Å². The zero-order valence-corrected chi connectivity index (χ0v) is 20.1. The number of rotatable bonds is 5. The number of aromatic nitrogens is 4. The van der Waals surface area contributed by atoms with Crippen molar-refractivity contribution < 1.29 is 9.53 Å². The standard InChI is InChI=1S/C25H29N7O3/c1-3-4-15-32-20-21(27-24(32)31-16-11-26-12-17-31)28-25(29(2)23(20)34)35-19-9-7-18(8-10-19)22(33)30-13-5-6-14-30/h7-10,26H,5-6,11-17H2,1-2H3. The Bertz CT molecular complexity index is 1350. The van der Waals surface area contributed by atoms with Gasteiger partial charge in [-0.1, -0.05) is 5.92 Å². The molecule has 2 aromatic heterocycles. The first-order chi connectivity index (χ1) is 17.1. The molecule has 0 saturated carbocycles. The van der Waals surface area contributed by atoms with E-state index in [-0.39, 0.29) is 17.5 Å². The molecule has 2 aliphatic rings. The van der Waals surface area contributed by atoms with Gasteiger partial charge >= 0.3 is 6.01 Å². The first-order valence-corrected chi connectivity index (χ1v) is 12.0. The Morgan fingerprint density at radius 2 is 1.80 bits per heavy atom. The molecule has 0 spiro atoms. The van der Waals surface area contributed by atoms with Gasteiger partial charge in [-0.15, -0.1) is 5.92 Å². The van der Waals surface area contributed by atoms with Gasteiger partial charge in [0, 0.05) is 51.9 Å². The van der Waals surface area contributed by atoms with Crippen molar-refractivity contribution in [3.8, 4) is 23.6 Å². The smallest absolute Gasteiger partial charge is 0.306 e. The molecule has 1 aromatic carbocycles. The summed E-state index contributed by atoms with van der Waals surface area (Å²) in [4.78, 5) is 39.3. The van der Waals surface area contributed by atoms with E-state index in [1.165, 1.54) is 4.57 Å². The first kappa shape index (κ1) is 22.9. The predicted molar refractivity (Wildman–Crippen MR) is 133 cm³/mol. The van der Waals surface area contributed by atoms with E-state index in [1.807, 2.05) is 9.47 Å². The zero-order chi connectivity index (χ0) is 24.4. The SMILES string of the molecule is CC#CCn1c(N2CCNCC2)nc2nc(Oc3ccc(C(=O)N4CCCC4)cc3)n(C)c(=O)c21. The number of anilines is 1. The Morgan fingerprint density at radius 1 is 1.09 bits per heavy atom. The summed E-state index contributed by atoms with van der Waals surface area (Å²) in [5.41, 5.74) is 1.10. The number of nitrogens with zero attached hydrogens (tertiary/aromatic N) is 6. The number of fused-ring (bicyclic) bond motifs is 1. The van der Waals surface area contributed by atoms with Gasteiger partial charge in [-0.3, -0.25) is 18.7 Å². The highest BCUT2D eigenvalue weighted by atomic mass is 16.5. The Kier molecular flexibility index (Phi) is 6.42. The molecule has 0 atom stereocenters. The molecule has 0 aliphatic carbocycles. The lowest BCUT2D eigenvalue weighted by Gasteiger charge is -2.28. The maximum Gasteiger partial charge on any atom is 0.306 e. The number of nitrogens with one attached hydrogen (secondary N) is 1. The Balaban J connectivity index is 1.46. The summed E-state index contributed by atoms with van der Waals surface area (Å²) in [6.45, 7) is 7.00. The largest absolute Gasteiger partial charge is 0.425 e. The molecular weight excluding hydrogens is 446 g/mol. The van der Waals surface area contributed by atoms with E-state index in [4.69, 9.17) is 9.72 Å². The van der Waals surface area contributed by atoms with E-state index in [1.54, 1.807) is 38.2 Å². The van der Waals surface area contributed by atoms with Crippen molar-refractivity contribution in [2.45, 2.75) is 26.3 Å². The summed E-state index contributed by atoms with van der Waals surface area (Å²) < 4.78 is 9.18. The van der Waals surface area contributed by atoms with Crippen LogP contribution in [0.15, 0.2) is 29.1 Å². The Hall–Kier alpha value is -3.84. The topological polar surface area (TPSA) is 97.5 Å². The van der Waals surface area contributed by atoms with Crippen LogP contribution in [-0.2, 0) is 13.6 Å². The monoisotopic (exact) mass is 475 g/mol. The van der Waals surface area contributed by atoms with E-state index in [2.05, 4.69) is 27.0 Å². The number of hydrogen-bond donors (Lipinski definition) is 1. The quantitative estimate of drug-likeness (QED) is 0.560. The van der Waals surface area contributed by atoms with E-state index >= 15 is 0 Å². The number of carbonyl (C=O) groups excluding carboxylic acids is 1. The lowest BCUT2D eigenvalue weighted by atomic mass is 10.2. The molecule has 1 N–H and O–H groups in total. The normalized spacial score (nSPS) is 15.8. The van der Waals surface area contributed by atoms with Crippen molar-refractivity contribution in [3.05, 3.63) is 40.2 Å². The summed E-state index contributed by atoms with van der Waals surface area (Å²) in [5, 5.41) is 3.33. The molecule has 10 heteroatoms.